The third kappa shape index (κ3) is 4.43. The van der Waals surface area contributed by atoms with Crippen molar-refractivity contribution in [2.24, 2.45) is 11.7 Å². The van der Waals surface area contributed by atoms with Gasteiger partial charge in [-0.1, -0.05) is 11.3 Å². The molecule has 9 heteroatoms. The molecule has 1 aromatic heterocycles. The van der Waals surface area contributed by atoms with Crippen molar-refractivity contribution in [3.05, 3.63) is 40.9 Å². The number of esters is 2. The molecule has 3 rings (SSSR count). The van der Waals surface area contributed by atoms with Crippen molar-refractivity contribution in [2.75, 3.05) is 25.1 Å². The summed E-state index contributed by atoms with van der Waals surface area (Å²) in [5, 5.41) is 8.10. The van der Waals surface area contributed by atoms with Crippen LogP contribution in [0.5, 0.6) is 5.75 Å². The summed E-state index contributed by atoms with van der Waals surface area (Å²) in [5.41, 5.74) is 5.96. The summed E-state index contributed by atoms with van der Waals surface area (Å²) in [4.78, 5) is 30.7. The highest BCUT2D eigenvalue weighted by Gasteiger charge is 2.27. The SMILES string of the molecule is COC(=O)C1CCN(c2ncc(C(=O)Oc3ccc(C(=N)N)cc3)s2)CC1. The molecule has 142 valence electrons. The van der Waals surface area contributed by atoms with Crippen LogP contribution in [0.1, 0.15) is 28.1 Å². The Labute approximate surface area is 160 Å². The van der Waals surface area contributed by atoms with Gasteiger partial charge in [-0.05, 0) is 37.1 Å². The second kappa shape index (κ2) is 8.17. The van der Waals surface area contributed by atoms with Crippen LogP contribution in [0.25, 0.3) is 0 Å². The molecule has 8 nitrogen and oxygen atoms in total. The van der Waals surface area contributed by atoms with E-state index in [4.69, 9.17) is 20.6 Å². The number of hydrogen-bond acceptors (Lipinski definition) is 8. The lowest BCUT2D eigenvalue weighted by atomic mass is 9.97. The second-order valence-electron chi connectivity index (χ2n) is 6.12. The van der Waals surface area contributed by atoms with E-state index in [1.807, 2.05) is 0 Å². The molecule has 1 aromatic carbocycles. The number of carbonyl (C=O) groups excluding carboxylic acids is 2. The van der Waals surface area contributed by atoms with Crippen LogP contribution in [0.4, 0.5) is 5.13 Å². The third-order valence-corrected chi connectivity index (χ3v) is 5.41. The van der Waals surface area contributed by atoms with Gasteiger partial charge >= 0.3 is 11.9 Å². The summed E-state index contributed by atoms with van der Waals surface area (Å²) < 4.78 is 10.1. The molecule has 0 radical (unpaired) electrons. The lowest BCUT2D eigenvalue weighted by Crippen LogP contribution is -2.36. The predicted octanol–water partition coefficient (Wildman–Crippen LogP) is 2.04. The summed E-state index contributed by atoms with van der Waals surface area (Å²) in [6, 6.07) is 6.42. The minimum Gasteiger partial charge on any atom is -0.469 e. The van der Waals surface area contributed by atoms with Crippen LogP contribution in [0.3, 0.4) is 0 Å². The quantitative estimate of drug-likeness (QED) is 0.348. The second-order valence-corrected chi connectivity index (χ2v) is 7.13. The van der Waals surface area contributed by atoms with Gasteiger partial charge in [0.2, 0.25) is 0 Å². The van der Waals surface area contributed by atoms with Crippen LogP contribution in [0, 0.1) is 11.3 Å². The van der Waals surface area contributed by atoms with E-state index in [-0.39, 0.29) is 17.7 Å². The lowest BCUT2D eigenvalue weighted by Gasteiger charge is -2.30. The van der Waals surface area contributed by atoms with Gasteiger partial charge in [0, 0.05) is 18.7 Å². The maximum atomic E-state index is 12.3. The summed E-state index contributed by atoms with van der Waals surface area (Å²) in [7, 11) is 1.40. The Kier molecular flexibility index (Phi) is 5.70. The van der Waals surface area contributed by atoms with E-state index in [0.717, 1.165) is 5.13 Å². The number of benzene rings is 1. The molecule has 0 aliphatic carbocycles. The van der Waals surface area contributed by atoms with E-state index in [0.29, 0.717) is 42.1 Å². The Bertz CT molecular complexity index is 841. The third-order valence-electron chi connectivity index (χ3n) is 4.37. The Balaban J connectivity index is 1.59. The van der Waals surface area contributed by atoms with Gasteiger partial charge < -0.3 is 20.1 Å². The Hall–Kier alpha value is -2.94. The summed E-state index contributed by atoms with van der Waals surface area (Å²) in [6.45, 7) is 1.38. The fourth-order valence-corrected chi connectivity index (χ4v) is 3.68. The first-order chi connectivity index (χ1) is 13.0. The lowest BCUT2D eigenvalue weighted by molar-refractivity contribution is -0.146. The van der Waals surface area contributed by atoms with Gasteiger partial charge in [-0.15, -0.1) is 0 Å². The largest absolute Gasteiger partial charge is 0.469 e. The maximum absolute atomic E-state index is 12.3. The number of rotatable bonds is 5. The van der Waals surface area contributed by atoms with Crippen LogP contribution in [0.15, 0.2) is 30.5 Å². The average molecular weight is 388 g/mol. The molecule has 2 aromatic rings. The standard InChI is InChI=1S/C18H20N4O4S/c1-25-16(23)12-6-8-22(9-7-12)18-21-10-14(27-18)17(24)26-13-4-2-11(3-5-13)15(19)20/h2-5,10,12H,6-9H2,1H3,(H3,19,20). The molecule has 27 heavy (non-hydrogen) atoms. The van der Waals surface area contributed by atoms with Crippen molar-refractivity contribution in [1.29, 1.82) is 5.41 Å². The van der Waals surface area contributed by atoms with Gasteiger partial charge in [-0.2, -0.15) is 0 Å². The molecule has 3 N–H and O–H groups in total. The van der Waals surface area contributed by atoms with Crippen LogP contribution < -0.4 is 15.4 Å². The number of piperidine rings is 1. The number of hydrogen-bond donors (Lipinski definition) is 2. The van der Waals surface area contributed by atoms with Crippen LogP contribution in [0.2, 0.25) is 0 Å². The number of amidine groups is 1. The van der Waals surface area contributed by atoms with Crippen molar-refractivity contribution >= 4 is 34.2 Å². The molecule has 1 saturated heterocycles. The minimum absolute atomic E-state index is 0.0454. The average Bonchev–Trinajstić information content (AvgIpc) is 3.18. The monoisotopic (exact) mass is 388 g/mol. The van der Waals surface area contributed by atoms with Gasteiger partial charge in [-0.25, -0.2) is 9.78 Å². The molecule has 1 aliphatic rings. The smallest absolute Gasteiger partial charge is 0.355 e. The number of carbonyl (C=O) groups is 2. The van der Waals surface area contributed by atoms with E-state index < -0.39 is 5.97 Å². The van der Waals surface area contributed by atoms with Crippen molar-refractivity contribution < 1.29 is 19.1 Å². The zero-order valence-corrected chi connectivity index (χ0v) is 15.6. The number of anilines is 1. The molecule has 0 atom stereocenters. The Morgan fingerprint density at radius 1 is 1.26 bits per heavy atom. The fraction of sp³-hybridized carbons (Fsp3) is 0.333. The first-order valence-corrected chi connectivity index (χ1v) is 9.25. The first kappa shape index (κ1) is 18.8. The van der Waals surface area contributed by atoms with E-state index in [9.17, 15) is 9.59 Å². The Morgan fingerprint density at radius 2 is 1.93 bits per heavy atom. The van der Waals surface area contributed by atoms with Crippen molar-refractivity contribution in [3.63, 3.8) is 0 Å². The van der Waals surface area contributed by atoms with Crippen molar-refractivity contribution in [2.45, 2.75) is 12.8 Å². The van der Waals surface area contributed by atoms with Crippen LogP contribution >= 0.6 is 11.3 Å². The molecule has 0 spiro atoms. The van der Waals surface area contributed by atoms with Gasteiger partial charge in [-0.3, -0.25) is 10.2 Å². The summed E-state index contributed by atoms with van der Waals surface area (Å²) in [5.74, 6) is -0.406. The number of thiazole rings is 1. The van der Waals surface area contributed by atoms with E-state index in [1.165, 1.54) is 24.6 Å². The van der Waals surface area contributed by atoms with Gasteiger partial charge in [0.15, 0.2) is 5.13 Å². The number of aromatic nitrogens is 1. The maximum Gasteiger partial charge on any atom is 0.355 e. The molecule has 1 aliphatic heterocycles. The number of methoxy groups -OCH3 is 1. The number of ether oxygens (including phenoxy) is 2. The highest BCUT2D eigenvalue weighted by Crippen LogP contribution is 2.28. The van der Waals surface area contributed by atoms with Crippen molar-refractivity contribution in [1.82, 2.24) is 4.98 Å². The van der Waals surface area contributed by atoms with Crippen molar-refractivity contribution in [3.8, 4) is 5.75 Å². The summed E-state index contributed by atoms with van der Waals surface area (Å²) >= 11 is 1.26. The van der Waals surface area contributed by atoms with E-state index >= 15 is 0 Å². The van der Waals surface area contributed by atoms with Crippen LogP contribution in [-0.2, 0) is 9.53 Å². The molecular weight excluding hydrogens is 368 g/mol. The number of nitrogen functional groups attached to an aromatic ring is 1. The molecule has 2 heterocycles. The highest BCUT2D eigenvalue weighted by atomic mass is 32.1. The summed E-state index contributed by atoms with van der Waals surface area (Å²) in [6.07, 6.45) is 2.90. The van der Waals surface area contributed by atoms with E-state index in [1.54, 1.807) is 24.3 Å². The van der Waals surface area contributed by atoms with E-state index in [2.05, 4.69) is 9.88 Å². The molecule has 0 unspecified atom stereocenters. The zero-order chi connectivity index (χ0) is 19.4. The molecular formula is C18H20N4O4S. The fourth-order valence-electron chi connectivity index (χ4n) is 2.84. The first-order valence-electron chi connectivity index (χ1n) is 8.43. The number of nitrogens with zero attached hydrogens (tertiary/aromatic N) is 2. The predicted molar refractivity (Wildman–Crippen MR) is 101 cm³/mol. The Morgan fingerprint density at radius 3 is 2.52 bits per heavy atom. The zero-order valence-electron chi connectivity index (χ0n) is 14.8. The highest BCUT2D eigenvalue weighted by molar-refractivity contribution is 7.17. The number of nitrogens with two attached hydrogens (primary N) is 1. The molecule has 1 fully saturated rings. The molecule has 0 amide bonds. The topological polar surface area (TPSA) is 119 Å². The van der Waals surface area contributed by atoms with Gasteiger partial charge in [0.1, 0.15) is 16.5 Å². The van der Waals surface area contributed by atoms with Gasteiger partial charge in [0.25, 0.3) is 0 Å². The molecule has 0 saturated carbocycles. The van der Waals surface area contributed by atoms with Crippen LogP contribution in [-0.4, -0.2) is 43.0 Å². The van der Waals surface area contributed by atoms with Gasteiger partial charge in [0.05, 0.1) is 19.2 Å². The minimum atomic E-state index is -0.487. The normalized spacial score (nSPS) is 14.6. The molecule has 0 bridgehead atoms. The number of nitrogens with one attached hydrogen (secondary N) is 1.